The Labute approximate surface area is 211 Å². The average molecular weight is 493 g/mol. The number of sulfone groups is 1. The Kier molecular flexibility index (Phi) is 6.56. The van der Waals surface area contributed by atoms with Crippen molar-refractivity contribution in [2.45, 2.75) is 16.4 Å². The average Bonchev–Trinajstić information content (AvgIpc) is 2.93. The molecule has 0 aliphatic carbocycles. The van der Waals surface area contributed by atoms with E-state index in [-0.39, 0.29) is 15.5 Å². The van der Waals surface area contributed by atoms with Gasteiger partial charge in [0.2, 0.25) is 9.84 Å². The highest BCUT2D eigenvalue weighted by Crippen LogP contribution is 2.40. The van der Waals surface area contributed by atoms with Gasteiger partial charge in [0, 0.05) is 11.1 Å². The number of phenolic OH excluding ortho intramolecular Hbond substituents is 1. The summed E-state index contributed by atoms with van der Waals surface area (Å²) in [6.45, 7) is 0.392. The number of ether oxygens (including phenoxy) is 1. The summed E-state index contributed by atoms with van der Waals surface area (Å²) in [5.74, 6) is 0.598. The van der Waals surface area contributed by atoms with E-state index in [4.69, 9.17) is 4.74 Å². The summed E-state index contributed by atoms with van der Waals surface area (Å²) in [6.07, 6.45) is 0. The summed E-state index contributed by atoms with van der Waals surface area (Å²) in [4.78, 5) is 0.278. The van der Waals surface area contributed by atoms with Crippen LogP contribution < -0.4 is 4.74 Å². The van der Waals surface area contributed by atoms with Gasteiger partial charge in [0.1, 0.15) is 18.1 Å². The molecule has 0 atom stereocenters. The molecule has 178 valence electrons. The van der Waals surface area contributed by atoms with Gasteiger partial charge in [0.25, 0.3) is 0 Å². The highest BCUT2D eigenvalue weighted by molar-refractivity contribution is 7.91. The minimum Gasteiger partial charge on any atom is -0.507 e. The lowest BCUT2D eigenvalue weighted by molar-refractivity contribution is 0.306. The minimum atomic E-state index is -3.92. The van der Waals surface area contributed by atoms with Gasteiger partial charge in [-0.05, 0) is 53.1 Å². The molecule has 5 aromatic carbocycles. The molecule has 36 heavy (non-hydrogen) atoms. The lowest BCUT2D eigenvalue weighted by Gasteiger charge is -2.15. The maximum absolute atomic E-state index is 13.9. The second-order valence-electron chi connectivity index (χ2n) is 8.35. The van der Waals surface area contributed by atoms with E-state index >= 15 is 0 Å². The minimum absolute atomic E-state index is 0.0173. The molecular weight excluding hydrogens is 468 g/mol. The van der Waals surface area contributed by atoms with Crippen molar-refractivity contribution < 1.29 is 18.3 Å². The van der Waals surface area contributed by atoms with Crippen molar-refractivity contribution in [1.82, 2.24) is 0 Å². The molecule has 0 saturated heterocycles. The highest BCUT2D eigenvalue weighted by Gasteiger charge is 2.25. The van der Waals surface area contributed by atoms with Crippen molar-refractivity contribution in [3.8, 4) is 33.8 Å². The molecule has 0 saturated carbocycles. The number of rotatable bonds is 7. The van der Waals surface area contributed by atoms with Crippen LogP contribution in [0.3, 0.4) is 0 Å². The second kappa shape index (κ2) is 10.1. The predicted molar refractivity (Wildman–Crippen MR) is 142 cm³/mol. The maximum Gasteiger partial charge on any atom is 0.207 e. The fourth-order valence-corrected chi connectivity index (χ4v) is 5.55. The first-order chi connectivity index (χ1) is 17.5. The Morgan fingerprint density at radius 1 is 0.611 bits per heavy atom. The lowest BCUT2D eigenvalue weighted by Crippen LogP contribution is -2.05. The van der Waals surface area contributed by atoms with Crippen molar-refractivity contribution in [3.05, 3.63) is 133 Å². The van der Waals surface area contributed by atoms with E-state index in [2.05, 4.69) is 0 Å². The zero-order valence-corrected chi connectivity index (χ0v) is 20.2. The zero-order chi connectivity index (χ0) is 25.0. The van der Waals surface area contributed by atoms with Crippen molar-refractivity contribution in [2.24, 2.45) is 0 Å². The fourth-order valence-electron chi connectivity index (χ4n) is 4.07. The van der Waals surface area contributed by atoms with Crippen LogP contribution in [0.5, 0.6) is 11.5 Å². The third kappa shape index (κ3) is 4.88. The standard InChI is InChI=1S/C31H24O4S/c32-30-20-29(25-14-8-3-9-15-25)31(21-28(30)24-12-6-2-7-13-24)36(33,34)27-18-16-26(17-19-27)35-22-23-10-4-1-5-11-23/h1-21,32H,22H2. The molecule has 0 radical (unpaired) electrons. The van der Waals surface area contributed by atoms with E-state index in [0.717, 1.165) is 11.1 Å². The molecule has 5 aromatic rings. The molecule has 0 bridgehead atoms. The zero-order valence-electron chi connectivity index (χ0n) is 19.4. The largest absolute Gasteiger partial charge is 0.507 e. The Hall–Kier alpha value is -4.35. The van der Waals surface area contributed by atoms with Gasteiger partial charge in [-0.2, -0.15) is 0 Å². The van der Waals surface area contributed by atoms with Crippen LogP contribution in [0, 0.1) is 0 Å². The van der Waals surface area contributed by atoms with E-state index in [1.807, 2.05) is 91.0 Å². The van der Waals surface area contributed by atoms with E-state index in [0.29, 0.717) is 29.0 Å². The molecule has 0 amide bonds. The van der Waals surface area contributed by atoms with Crippen LogP contribution in [-0.4, -0.2) is 13.5 Å². The van der Waals surface area contributed by atoms with Crippen molar-refractivity contribution in [1.29, 1.82) is 0 Å². The molecule has 4 nitrogen and oxygen atoms in total. The van der Waals surface area contributed by atoms with E-state index in [1.165, 1.54) is 6.07 Å². The normalized spacial score (nSPS) is 11.2. The van der Waals surface area contributed by atoms with Crippen molar-refractivity contribution in [3.63, 3.8) is 0 Å². The number of benzene rings is 5. The second-order valence-corrected chi connectivity index (χ2v) is 10.3. The Bertz CT molecular complexity index is 1560. The van der Waals surface area contributed by atoms with Crippen molar-refractivity contribution in [2.75, 3.05) is 0 Å². The van der Waals surface area contributed by atoms with Gasteiger partial charge < -0.3 is 9.84 Å². The van der Waals surface area contributed by atoms with Gasteiger partial charge in [0.05, 0.1) is 9.79 Å². The van der Waals surface area contributed by atoms with Crippen LogP contribution >= 0.6 is 0 Å². The van der Waals surface area contributed by atoms with Gasteiger partial charge in [-0.1, -0.05) is 91.0 Å². The molecule has 0 heterocycles. The smallest absolute Gasteiger partial charge is 0.207 e. The number of aromatic hydroxyl groups is 1. The molecule has 0 aromatic heterocycles. The third-order valence-corrected chi connectivity index (χ3v) is 7.75. The molecule has 5 heteroatoms. The Balaban J connectivity index is 1.55. The first-order valence-corrected chi connectivity index (χ1v) is 13.0. The molecule has 0 aliphatic heterocycles. The first-order valence-electron chi connectivity index (χ1n) is 11.5. The van der Waals surface area contributed by atoms with E-state index in [9.17, 15) is 13.5 Å². The topological polar surface area (TPSA) is 63.6 Å². The van der Waals surface area contributed by atoms with E-state index in [1.54, 1.807) is 30.3 Å². The summed E-state index contributed by atoms with van der Waals surface area (Å²) in [6, 6.07) is 37.8. The third-order valence-electron chi connectivity index (χ3n) is 5.94. The Morgan fingerprint density at radius 2 is 1.14 bits per heavy atom. The fraction of sp³-hybridized carbons (Fsp3) is 0.0323. The van der Waals surface area contributed by atoms with Gasteiger partial charge >= 0.3 is 0 Å². The van der Waals surface area contributed by atoms with Crippen LogP contribution in [0.25, 0.3) is 22.3 Å². The van der Waals surface area contributed by atoms with Crippen LogP contribution in [0.15, 0.2) is 137 Å². The molecule has 0 unspecified atom stereocenters. The molecule has 0 fully saturated rings. The van der Waals surface area contributed by atoms with Gasteiger partial charge in [-0.25, -0.2) is 8.42 Å². The Morgan fingerprint density at radius 3 is 1.72 bits per heavy atom. The van der Waals surface area contributed by atoms with Crippen LogP contribution in [0.2, 0.25) is 0 Å². The first kappa shape index (κ1) is 23.4. The van der Waals surface area contributed by atoms with Crippen molar-refractivity contribution >= 4 is 9.84 Å². The number of hydrogen-bond donors (Lipinski definition) is 1. The highest BCUT2D eigenvalue weighted by atomic mass is 32.2. The van der Waals surface area contributed by atoms with Crippen LogP contribution in [0.4, 0.5) is 0 Å². The molecule has 0 aliphatic rings. The molecular formula is C31H24O4S. The molecule has 1 N–H and O–H groups in total. The van der Waals surface area contributed by atoms with Crippen LogP contribution in [0.1, 0.15) is 5.56 Å². The molecule has 5 rings (SSSR count). The van der Waals surface area contributed by atoms with Crippen LogP contribution in [-0.2, 0) is 16.4 Å². The quantitative estimate of drug-likeness (QED) is 0.262. The summed E-state index contributed by atoms with van der Waals surface area (Å²) >= 11 is 0. The summed E-state index contributed by atoms with van der Waals surface area (Å²) < 4.78 is 33.6. The predicted octanol–water partition coefficient (Wildman–Crippen LogP) is 7.14. The lowest BCUT2D eigenvalue weighted by atomic mass is 9.99. The number of phenols is 1. The molecule has 0 spiro atoms. The van der Waals surface area contributed by atoms with Gasteiger partial charge in [0.15, 0.2) is 0 Å². The summed E-state index contributed by atoms with van der Waals surface area (Å²) in [7, 11) is -3.92. The monoisotopic (exact) mass is 492 g/mol. The summed E-state index contributed by atoms with van der Waals surface area (Å²) in [5.41, 5.74) is 3.36. The van der Waals surface area contributed by atoms with E-state index < -0.39 is 9.84 Å². The maximum atomic E-state index is 13.9. The van der Waals surface area contributed by atoms with Gasteiger partial charge in [-0.3, -0.25) is 0 Å². The number of hydrogen-bond acceptors (Lipinski definition) is 4. The van der Waals surface area contributed by atoms with Gasteiger partial charge in [-0.15, -0.1) is 0 Å². The SMILES string of the molecule is O=S(=O)(c1ccc(OCc2ccccc2)cc1)c1cc(-c2ccccc2)c(O)cc1-c1ccccc1. The summed E-state index contributed by atoms with van der Waals surface area (Å²) in [5, 5.41) is 10.8.